The normalized spacial score (nSPS) is 21.8. The van der Waals surface area contributed by atoms with Crippen molar-refractivity contribution in [2.75, 3.05) is 13.1 Å². The van der Waals surface area contributed by atoms with Gasteiger partial charge in [-0.1, -0.05) is 19.3 Å². The Morgan fingerprint density at radius 2 is 1.55 bits per heavy atom. The zero-order chi connectivity index (χ0) is 7.94. The van der Waals surface area contributed by atoms with E-state index in [1.54, 1.807) is 7.41 Å². The van der Waals surface area contributed by atoms with Crippen LogP contribution in [0.5, 0.6) is 0 Å². The Kier molecular flexibility index (Phi) is 4.28. The molecule has 1 fully saturated rings. The lowest BCUT2D eigenvalue weighted by atomic mass is 9.92. The highest BCUT2D eigenvalue weighted by Gasteiger charge is 2.07. The molecule has 2 nitrogen and oxygen atoms in total. The molecule has 0 saturated carbocycles. The lowest BCUT2D eigenvalue weighted by Crippen LogP contribution is -2.31. The second-order valence-corrected chi connectivity index (χ2v) is 3.09. The zero-order valence-corrected chi connectivity index (χ0v) is 6.96. The Morgan fingerprint density at radius 1 is 1.00 bits per heavy atom. The van der Waals surface area contributed by atoms with Gasteiger partial charge in [-0.25, -0.2) is 0 Å². The minimum absolute atomic E-state index is 0.890. The van der Waals surface area contributed by atoms with Crippen LogP contribution >= 0.6 is 0 Å². The summed E-state index contributed by atoms with van der Waals surface area (Å²) in [6.07, 6.45) is 7.39. The highest BCUT2D eigenvalue weighted by Crippen LogP contribution is 2.08. The van der Waals surface area contributed by atoms with Crippen molar-refractivity contribution in [1.82, 2.24) is 4.81 Å². The van der Waals surface area contributed by atoms with E-state index in [-0.39, 0.29) is 0 Å². The second kappa shape index (κ2) is 5.36. The number of rotatable bonds is 2. The van der Waals surface area contributed by atoms with Crippen LogP contribution in [0.15, 0.2) is 0 Å². The number of carbonyl (C=O) groups is 1. The number of nitrogens with zero attached hydrogens (tertiary/aromatic N) is 1. The first-order valence-corrected chi connectivity index (χ1v) is 4.46. The molecule has 0 unspecified atom stereocenters. The van der Waals surface area contributed by atoms with Crippen LogP contribution in [0, 0.1) is 0 Å². The molecule has 0 bridgehead atoms. The van der Waals surface area contributed by atoms with Gasteiger partial charge >= 0.3 is 0 Å². The summed E-state index contributed by atoms with van der Waals surface area (Å²) in [5.41, 5.74) is 0. The Hall–Kier alpha value is -0.305. The quantitative estimate of drug-likeness (QED) is 0.435. The lowest BCUT2D eigenvalue weighted by molar-refractivity contribution is 0.382. The fourth-order valence-corrected chi connectivity index (χ4v) is 1.51. The van der Waals surface area contributed by atoms with Crippen LogP contribution in [0.3, 0.4) is 0 Å². The van der Waals surface area contributed by atoms with Gasteiger partial charge in [-0.3, -0.25) is 0 Å². The first kappa shape index (κ1) is 8.79. The fraction of sp³-hybridized carbons (Fsp3) is 0.875. The van der Waals surface area contributed by atoms with Gasteiger partial charge in [0.25, 0.3) is 7.41 Å². The van der Waals surface area contributed by atoms with Crippen molar-refractivity contribution in [1.29, 1.82) is 0 Å². The van der Waals surface area contributed by atoms with Gasteiger partial charge in [-0.05, 0) is 25.9 Å². The number of carbonyl (C=O) groups excluding carboxylic acids is 1. The summed E-state index contributed by atoms with van der Waals surface area (Å²) in [7, 11) is 1.67. The van der Waals surface area contributed by atoms with Gasteiger partial charge in [0.15, 0.2) is 0 Å². The van der Waals surface area contributed by atoms with Crippen molar-refractivity contribution >= 4 is 13.6 Å². The summed E-state index contributed by atoms with van der Waals surface area (Å²) in [6.45, 7) is 2.14. The summed E-state index contributed by atoms with van der Waals surface area (Å²) >= 11 is 0. The van der Waals surface area contributed by atoms with Crippen molar-refractivity contribution in [2.24, 2.45) is 0 Å². The molecule has 0 aliphatic carbocycles. The third-order valence-corrected chi connectivity index (χ3v) is 2.16. The highest BCUT2D eigenvalue weighted by molar-refractivity contribution is 6.64. The third-order valence-electron chi connectivity index (χ3n) is 2.16. The molecule has 1 aliphatic heterocycles. The monoisotopic (exact) mass is 152 g/mol. The van der Waals surface area contributed by atoms with E-state index in [4.69, 9.17) is 0 Å². The molecule has 3 heteroatoms. The molecule has 1 saturated heterocycles. The molecule has 0 atom stereocenters. The smallest absolute Gasteiger partial charge is 0.293 e. The minimum Gasteiger partial charge on any atom is -0.340 e. The van der Waals surface area contributed by atoms with Gasteiger partial charge in [0.2, 0.25) is 0 Å². The Bertz CT molecular complexity index is 111. The van der Waals surface area contributed by atoms with Gasteiger partial charge in [0, 0.05) is 0 Å². The summed E-state index contributed by atoms with van der Waals surface area (Å²) < 4.78 is 0. The molecule has 1 rings (SSSR count). The molecule has 0 aromatic heterocycles. The van der Waals surface area contributed by atoms with E-state index in [2.05, 4.69) is 4.81 Å². The van der Waals surface area contributed by atoms with Crippen LogP contribution < -0.4 is 0 Å². The standard InChI is InChI=1S/C8H15BNO/c11-8-9-10-6-4-2-1-3-5-7-10/h8H,1-7H2. The van der Waals surface area contributed by atoms with Crippen LogP contribution in [0.25, 0.3) is 0 Å². The van der Waals surface area contributed by atoms with Gasteiger partial charge in [-0.15, -0.1) is 0 Å². The molecule has 61 valence electrons. The van der Waals surface area contributed by atoms with Crippen molar-refractivity contribution in [3.8, 4) is 0 Å². The van der Waals surface area contributed by atoms with E-state index >= 15 is 0 Å². The van der Waals surface area contributed by atoms with Gasteiger partial charge in [-0.2, -0.15) is 0 Å². The molecule has 0 amide bonds. The Labute approximate surface area is 69.2 Å². The predicted molar refractivity (Wildman–Crippen MR) is 47.2 cm³/mol. The van der Waals surface area contributed by atoms with E-state index in [1.165, 1.54) is 32.1 Å². The molecule has 0 spiro atoms. The fourth-order valence-electron chi connectivity index (χ4n) is 1.51. The average molecular weight is 152 g/mol. The first-order valence-electron chi connectivity index (χ1n) is 4.46. The number of hydrogen-bond acceptors (Lipinski definition) is 2. The lowest BCUT2D eigenvalue weighted by Gasteiger charge is -2.21. The largest absolute Gasteiger partial charge is 0.340 e. The minimum atomic E-state index is 0.890. The van der Waals surface area contributed by atoms with E-state index in [0.717, 1.165) is 19.3 Å². The summed E-state index contributed by atoms with van der Waals surface area (Å²) in [5.74, 6) is 0. The maximum absolute atomic E-state index is 10.2. The molecule has 1 aliphatic rings. The van der Waals surface area contributed by atoms with Crippen LogP contribution in [0.4, 0.5) is 0 Å². The molecule has 1 radical (unpaired) electrons. The molecular weight excluding hydrogens is 137 g/mol. The molecule has 11 heavy (non-hydrogen) atoms. The zero-order valence-electron chi connectivity index (χ0n) is 6.96. The predicted octanol–water partition coefficient (Wildman–Crippen LogP) is 1.06. The second-order valence-electron chi connectivity index (χ2n) is 3.09. The molecule has 0 aromatic carbocycles. The molecule has 0 N–H and O–H groups in total. The topological polar surface area (TPSA) is 20.3 Å². The first-order chi connectivity index (χ1) is 5.43. The van der Waals surface area contributed by atoms with Crippen LogP contribution in [0.1, 0.15) is 32.1 Å². The Morgan fingerprint density at radius 3 is 2.09 bits per heavy atom. The maximum atomic E-state index is 10.2. The van der Waals surface area contributed by atoms with Gasteiger partial charge in [0.1, 0.15) is 0 Å². The van der Waals surface area contributed by atoms with Crippen molar-refractivity contribution in [2.45, 2.75) is 32.1 Å². The molecular formula is C8H15BNO. The van der Waals surface area contributed by atoms with Crippen molar-refractivity contribution < 1.29 is 4.79 Å². The molecule has 1 heterocycles. The SMILES string of the molecule is O=C[B]N1CCCCCCC1. The van der Waals surface area contributed by atoms with E-state index in [1.807, 2.05) is 0 Å². The van der Waals surface area contributed by atoms with Crippen LogP contribution in [0.2, 0.25) is 0 Å². The Balaban J connectivity index is 2.20. The summed E-state index contributed by atoms with van der Waals surface area (Å²) in [4.78, 5) is 12.3. The van der Waals surface area contributed by atoms with E-state index in [9.17, 15) is 4.79 Å². The van der Waals surface area contributed by atoms with E-state index < -0.39 is 0 Å². The van der Waals surface area contributed by atoms with Crippen LogP contribution in [-0.4, -0.2) is 31.5 Å². The summed E-state index contributed by atoms with van der Waals surface area (Å²) in [5, 5.41) is 0. The van der Waals surface area contributed by atoms with E-state index in [0.29, 0.717) is 0 Å². The van der Waals surface area contributed by atoms with Crippen molar-refractivity contribution in [3.63, 3.8) is 0 Å². The molecule has 0 aromatic rings. The van der Waals surface area contributed by atoms with Gasteiger partial charge < -0.3 is 9.61 Å². The van der Waals surface area contributed by atoms with Gasteiger partial charge in [0.05, 0.1) is 6.19 Å². The average Bonchev–Trinajstić information content (AvgIpc) is 1.94. The maximum Gasteiger partial charge on any atom is 0.293 e. The highest BCUT2D eigenvalue weighted by atomic mass is 16.1. The van der Waals surface area contributed by atoms with Crippen molar-refractivity contribution in [3.05, 3.63) is 0 Å². The third kappa shape index (κ3) is 3.56. The summed E-state index contributed by atoms with van der Waals surface area (Å²) in [6, 6.07) is 0. The van der Waals surface area contributed by atoms with Crippen LogP contribution in [-0.2, 0) is 4.79 Å². The number of hydrogen-bond donors (Lipinski definition) is 0.